The summed E-state index contributed by atoms with van der Waals surface area (Å²) in [6, 6.07) is 0. The molecule has 6 heteroatoms. The first-order valence-electron chi connectivity index (χ1n) is 6.80. The first kappa shape index (κ1) is 16.2. The molecule has 19 heavy (non-hydrogen) atoms. The highest BCUT2D eigenvalue weighted by Crippen LogP contribution is 2.08. The van der Waals surface area contributed by atoms with Crippen LogP contribution in [-0.2, 0) is 22.1 Å². The minimum atomic E-state index is -0.758. The summed E-state index contributed by atoms with van der Waals surface area (Å²) in [4.78, 5) is 4.29. The maximum absolute atomic E-state index is 11.3. The van der Waals surface area contributed by atoms with Crippen molar-refractivity contribution in [3.05, 3.63) is 12.4 Å². The van der Waals surface area contributed by atoms with Crippen LogP contribution in [0.4, 0.5) is 5.95 Å². The number of nitrogens with zero attached hydrogens (tertiary/aromatic N) is 2. The smallest absolute Gasteiger partial charge is 0.202 e. The highest BCUT2D eigenvalue weighted by molar-refractivity contribution is 7.84. The molecule has 0 spiro atoms. The Kier molecular flexibility index (Phi) is 7.74. The average Bonchev–Trinajstić information content (AvgIpc) is 2.83. The highest BCUT2D eigenvalue weighted by Gasteiger charge is 2.08. The first-order chi connectivity index (χ1) is 9.15. The van der Waals surface area contributed by atoms with Crippen LogP contribution >= 0.6 is 0 Å². The fourth-order valence-electron chi connectivity index (χ4n) is 1.66. The highest BCUT2D eigenvalue weighted by atomic mass is 32.2. The summed E-state index contributed by atoms with van der Waals surface area (Å²) in [5, 5.41) is 3.52. The number of nitrogens with one attached hydrogen (secondary N) is 1. The fraction of sp³-hybridized carbons (Fsp3) is 0.769. The molecule has 2 unspecified atom stereocenters. The van der Waals surface area contributed by atoms with Crippen LogP contribution < -0.4 is 5.32 Å². The summed E-state index contributed by atoms with van der Waals surface area (Å²) in [5.74, 6) is 0.880. The van der Waals surface area contributed by atoms with Gasteiger partial charge >= 0.3 is 0 Å². The predicted octanol–water partition coefficient (Wildman–Crippen LogP) is 1.88. The number of anilines is 1. The van der Waals surface area contributed by atoms with Gasteiger partial charge in [0.1, 0.15) is 0 Å². The molecule has 0 bridgehead atoms. The third kappa shape index (κ3) is 6.20. The van der Waals surface area contributed by atoms with Crippen molar-refractivity contribution < 1.29 is 8.95 Å². The number of aromatic nitrogens is 2. The lowest BCUT2D eigenvalue weighted by Gasteiger charge is -2.12. The normalized spacial score (nSPS) is 14.3. The van der Waals surface area contributed by atoms with E-state index in [1.165, 1.54) is 0 Å². The third-order valence-electron chi connectivity index (χ3n) is 3.01. The van der Waals surface area contributed by atoms with Crippen molar-refractivity contribution in [1.29, 1.82) is 0 Å². The Morgan fingerprint density at radius 1 is 1.58 bits per heavy atom. The second-order valence-corrected chi connectivity index (χ2v) is 6.32. The second-order valence-electron chi connectivity index (χ2n) is 4.52. The van der Waals surface area contributed by atoms with E-state index >= 15 is 0 Å². The SMILES string of the molecule is CCOCCCNc1nccn1CCC(C)S(C)=O. The molecule has 1 N–H and O–H groups in total. The number of hydrogen-bond acceptors (Lipinski definition) is 4. The van der Waals surface area contributed by atoms with E-state index in [2.05, 4.69) is 14.9 Å². The van der Waals surface area contributed by atoms with Gasteiger partial charge < -0.3 is 14.6 Å². The predicted molar refractivity (Wildman–Crippen MR) is 80.0 cm³/mol. The molecule has 1 aromatic heterocycles. The van der Waals surface area contributed by atoms with Gasteiger partial charge in [-0.25, -0.2) is 4.98 Å². The number of rotatable bonds is 10. The van der Waals surface area contributed by atoms with Crippen LogP contribution in [0.25, 0.3) is 0 Å². The van der Waals surface area contributed by atoms with Gasteiger partial charge in [0.25, 0.3) is 0 Å². The van der Waals surface area contributed by atoms with E-state index in [1.54, 1.807) is 12.5 Å². The Balaban J connectivity index is 2.31. The maximum Gasteiger partial charge on any atom is 0.202 e. The summed E-state index contributed by atoms with van der Waals surface area (Å²) in [7, 11) is -0.758. The van der Waals surface area contributed by atoms with Crippen LogP contribution in [0.5, 0.6) is 0 Å². The molecule has 0 aromatic carbocycles. The van der Waals surface area contributed by atoms with Gasteiger partial charge in [-0.15, -0.1) is 0 Å². The molecule has 0 saturated heterocycles. The molecule has 2 atom stereocenters. The molecule has 0 saturated carbocycles. The summed E-state index contributed by atoms with van der Waals surface area (Å²) < 4.78 is 18.7. The molecule has 0 fully saturated rings. The molecule has 0 radical (unpaired) electrons. The van der Waals surface area contributed by atoms with Crippen molar-refractivity contribution >= 4 is 16.7 Å². The van der Waals surface area contributed by atoms with Crippen LogP contribution in [0.3, 0.4) is 0 Å². The molecule has 0 amide bonds. The van der Waals surface area contributed by atoms with Crippen LogP contribution in [0.15, 0.2) is 12.4 Å². The average molecular weight is 287 g/mol. The zero-order valence-corrected chi connectivity index (χ0v) is 12.9. The maximum atomic E-state index is 11.3. The van der Waals surface area contributed by atoms with E-state index < -0.39 is 10.8 Å². The standard InChI is InChI=1S/C13H25N3O2S/c1-4-18-11-5-7-14-13-15-8-10-16(13)9-6-12(2)19(3)17/h8,10,12H,4-7,9,11H2,1-3H3,(H,14,15). The van der Waals surface area contributed by atoms with Crippen molar-refractivity contribution in [2.24, 2.45) is 0 Å². The molecule has 1 rings (SSSR count). The van der Waals surface area contributed by atoms with Crippen molar-refractivity contribution in [3.8, 4) is 0 Å². The second kappa shape index (κ2) is 9.09. The van der Waals surface area contributed by atoms with Gasteiger partial charge in [0.05, 0.1) is 0 Å². The van der Waals surface area contributed by atoms with Crippen molar-refractivity contribution in [3.63, 3.8) is 0 Å². The molecule has 0 aliphatic carbocycles. The van der Waals surface area contributed by atoms with E-state index in [-0.39, 0.29) is 5.25 Å². The van der Waals surface area contributed by atoms with Gasteiger partial charge in [0, 0.05) is 61.0 Å². The molecular weight excluding hydrogens is 262 g/mol. The van der Waals surface area contributed by atoms with Crippen molar-refractivity contribution in [1.82, 2.24) is 9.55 Å². The molecule has 0 aliphatic heterocycles. The van der Waals surface area contributed by atoms with Crippen molar-refractivity contribution in [2.75, 3.05) is 31.3 Å². The largest absolute Gasteiger partial charge is 0.382 e. The van der Waals surface area contributed by atoms with Gasteiger partial charge in [-0.05, 0) is 19.8 Å². The Hall–Kier alpha value is -0.880. The third-order valence-corrected chi connectivity index (χ3v) is 4.38. The Morgan fingerprint density at radius 3 is 3.05 bits per heavy atom. The van der Waals surface area contributed by atoms with Gasteiger partial charge in [-0.1, -0.05) is 6.92 Å². The lowest BCUT2D eigenvalue weighted by Crippen LogP contribution is -2.15. The summed E-state index contributed by atoms with van der Waals surface area (Å²) in [6.45, 7) is 7.25. The van der Waals surface area contributed by atoms with Crippen LogP contribution in [0, 0.1) is 0 Å². The minimum Gasteiger partial charge on any atom is -0.382 e. The van der Waals surface area contributed by atoms with E-state index in [0.717, 1.165) is 45.1 Å². The molecule has 0 aliphatic rings. The summed E-state index contributed by atoms with van der Waals surface area (Å²) in [5.41, 5.74) is 0. The lowest BCUT2D eigenvalue weighted by atomic mass is 10.3. The Labute approximate surface area is 118 Å². The number of imidazole rings is 1. The number of ether oxygens (including phenoxy) is 1. The Morgan fingerprint density at radius 2 is 2.37 bits per heavy atom. The molecule has 1 aromatic rings. The number of aryl methyl sites for hydroxylation is 1. The molecular formula is C13H25N3O2S. The van der Waals surface area contributed by atoms with E-state index in [9.17, 15) is 4.21 Å². The molecule has 110 valence electrons. The van der Waals surface area contributed by atoms with Gasteiger partial charge in [0.15, 0.2) is 0 Å². The van der Waals surface area contributed by atoms with Crippen molar-refractivity contribution in [2.45, 2.75) is 38.5 Å². The molecule has 1 heterocycles. The quantitative estimate of drug-likeness (QED) is 0.668. The first-order valence-corrected chi connectivity index (χ1v) is 8.42. The summed E-state index contributed by atoms with van der Waals surface area (Å²) in [6.07, 6.45) is 7.36. The van der Waals surface area contributed by atoms with E-state index in [1.807, 2.05) is 20.0 Å². The van der Waals surface area contributed by atoms with Gasteiger partial charge in [0.2, 0.25) is 5.95 Å². The van der Waals surface area contributed by atoms with Crippen LogP contribution in [0.2, 0.25) is 0 Å². The summed E-state index contributed by atoms with van der Waals surface area (Å²) >= 11 is 0. The monoisotopic (exact) mass is 287 g/mol. The van der Waals surface area contributed by atoms with E-state index in [0.29, 0.717) is 0 Å². The zero-order chi connectivity index (χ0) is 14.1. The molecule has 5 nitrogen and oxygen atoms in total. The van der Waals surface area contributed by atoms with E-state index in [4.69, 9.17) is 4.74 Å². The topological polar surface area (TPSA) is 56.1 Å². The number of hydrogen-bond donors (Lipinski definition) is 1. The Bertz CT molecular complexity index is 382. The van der Waals surface area contributed by atoms with Crippen LogP contribution in [-0.4, -0.2) is 45.0 Å². The fourth-order valence-corrected chi connectivity index (χ4v) is 2.10. The van der Waals surface area contributed by atoms with Gasteiger partial charge in [-0.2, -0.15) is 0 Å². The minimum absolute atomic E-state index is 0.216. The van der Waals surface area contributed by atoms with Gasteiger partial charge in [-0.3, -0.25) is 4.21 Å². The lowest BCUT2D eigenvalue weighted by molar-refractivity contribution is 0.147. The zero-order valence-electron chi connectivity index (χ0n) is 12.1. The van der Waals surface area contributed by atoms with Crippen LogP contribution in [0.1, 0.15) is 26.7 Å².